The zero-order chi connectivity index (χ0) is 7.61. The molecule has 0 atom stereocenters. The van der Waals surface area contributed by atoms with Crippen molar-refractivity contribution in [1.29, 1.82) is 0 Å². The van der Waals surface area contributed by atoms with Gasteiger partial charge in [-0.05, 0) is 13.8 Å². The average molecular weight is 142 g/mol. The molecule has 56 valence electrons. The summed E-state index contributed by atoms with van der Waals surface area (Å²) >= 11 is 0. The van der Waals surface area contributed by atoms with E-state index in [9.17, 15) is 0 Å². The minimum Gasteiger partial charge on any atom is -0.371 e. The topological polar surface area (TPSA) is 48.2 Å². The molecular weight excluding hydrogens is 132 g/mol. The van der Waals surface area contributed by atoms with Gasteiger partial charge in [0.25, 0.3) is 0 Å². The van der Waals surface area contributed by atoms with Crippen molar-refractivity contribution in [1.82, 2.24) is 10.1 Å². The van der Waals surface area contributed by atoms with Crippen molar-refractivity contribution < 1.29 is 9.26 Å². The van der Waals surface area contributed by atoms with Gasteiger partial charge in [0.15, 0.2) is 0 Å². The Morgan fingerprint density at radius 3 is 2.70 bits per heavy atom. The standard InChI is InChI=1S/C6H10N2O2/c1-6(2,9-3)5-7-4-10-8-5/h4H,1-3H3. The Morgan fingerprint density at radius 2 is 2.30 bits per heavy atom. The summed E-state index contributed by atoms with van der Waals surface area (Å²) in [5.41, 5.74) is -0.451. The van der Waals surface area contributed by atoms with Crippen LogP contribution in [0.5, 0.6) is 0 Å². The first-order valence-corrected chi connectivity index (χ1v) is 2.99. The Bertz CT molecular complexity index is 194. The lowest BCUT2D eigenvalue weighted by atomic mass is 10.1. The van der Waals surface area contributed by atoms with Gasteiger partial charge >= 0.3 is 0 Å². The summed E-state index contributed by atoms with van der Waals surface area (Å²) in [6.45, 7) is 3.75. The lowest BCUT2D eigenvalue weighted by Gasteiger charge is -2.17. The van der Waals surface area contributed by atoms with E-state index in [1.165, 1.54) is 6.39 Å². The molecule has 0 aromatic carbocycles. The summed E-state index contributed by atoms with van der Waals surface area (Å²) in [6.07, 6.45) is 1.29. The average Bonchev–Trinajstić information content (AvgIpc) is 2.38. The SMILES string of the molecule is COC(C)(C)c1ncon1. The van der Waals surface area contributed by atoms with Crippen LogP contribution in [0.25, 0.3) is 0 Å². The summed E-state index contributed by atoms with van der Waals surface area (Å²) in [5.74, 6) is 0.565. The largest absolute Gasteiger partial charge is 0.371 e. The van der Waals surface area contributed by atoms with Crippen molar-refractivity contribution in [3.05, 3.63) is 12.2 Å². The van der Waals surface area contributed by atoms with E-state index < -0.39 is 5.60 Å². The van der Waals surface area contributed by atoms with Crippen LogP contribution < -0.4 is 0 Å². The molecule has 0 N–H and O–H groups in total. The fraction of sp³-hybridized carbons (Fsp3) is 0.667. The molecule has 10 heavy (non-hydrogen) atoms. The van der Waals surface area contributed by atoms with E-state index in [1.807, 2.05) is 13.8 Å². The second kappa shape index (κ2) is 2.38. The van der Waals surface area contributed by atoms with Crippen LogP contribution in [0.3, 0.4) is 0 Å². The molecule has 1 heterocycles. The maximum atomic E-state index is 5.10. The maximum absolute atomic E-state index is 5.10. The van der Waals surface area contributed by atoms with E-state index >= 15 is 0 Å². The Hall–Kier alpha value is -0.900. The molecule has 4 nitrogen and oxygen atoms in total. The van der Waals surface area contributed by atoms with E-state index in [4.69, 9.17) is 4.74 Å². The number of nitrogens with zero attached hydrogens (tertiary/aromatic N) is 2. The Morgan fingerprint density at radius 1 is 1.60 bits per heavy atom. The first-order chi connectivity index (χ1) is 4.67. The van der Waals surface area contributed by atoms with Crippen LogP contribution >= 0.6 is 0 Å². The molecule has 1 rings (SSSR count). The number of rotatable bonds is 2. The molecule has 0 bridgehead atoms. The predicted octanol–water partition coefficient (Wildman–Crippen LogP) is 0.951. The highest BCUT2D eigenvalue weighted by Crippen LogP contribution is 2.18. The zero-order valence-electron chi connectivity index (χ0n) is 6.29. The summed E-state index contributed by atoms with van der Waals surface area (Å²) in [4.78, 5) is 3.86. The number of hydrogen-bond donors (Lipinski definition) is 0. The van der Waals surface area contributed by atoms with E-state index in [0.717, 1.165) is 0 Å². The molecule has 1 aromatic rings. The Balaban J connectivity index is 2.85. The number of ether oxygens (including phenoxy) is 1. The van der Waals surface area contributed by atoms with E-state index in [-0.39, 0.29) is 0 Å². The molecule has 0 unspecified atom stereocenters. The van der Waals surface area contributed by atoms with Crippen molar-refractivity contribution in [3.63, 3.8) is 0 Å². The first kappa shape index (κ1) is 7.21. The molecule has 0 spiro atoms. The van der Waals surface area contributed by atoms with Gasteiger partial charge in [0.1, 0.15) is 5.60 Å². The highest BCUT2D eigenvalue weighted by Gasteiger charge is 2.23. The van der Waals surface area contributed by atoms with Gasteiger partial charge in [-0.3, -0.25) is 0 Å². The second-order valence-electron chi connectivity index (χ2n) is 2.47. The van der Waals surface area contributed by atoms with E-state index in [2.05, 4.69) is 14.7 Å². The minimum absolute atomic E-state index is 0.451. The number of aromatic nitrogens is 2. The fourth-order valence-corrected chi connectivity index (χ4v) is 0.527. The minimum atomic E-state index is -0.451. The normalized spacial score (nSPS) is 11.9. The van der Waals surface area contributed by atoms with Crippen molar-refractivity contribution >= 4 is 0 Å². The van der Waals surface area contributed by atoms with Gasteiger partial charge in [0.2, 0.25) is 12.2 Å². The van der Waals surface area contributed by atoms with E-state index in [0.29, 0.717) is 5.82 Å². The van der Waals surface area contributed by atoms with Gasteiger partial charge in [-0.25, -0.2) is 0 Å². The van der Waals surface area contributed by atoms with Crippen LogP contribution in [0.15, 0.2) is 10.9 Å². The molecule has 4 heteroatoms. The molecular formula is C6H10N2O2. The van der Waals surface area contributed by atoms with Crippen LogP contribution in [0, 0.1) is 0 Å². The molecule has 0 aliphatic carbocycles. The lowest BCUT2D eigenvalue weighted by Crippen LogP contribution is -2.20. The van der Waals surface area contributed by atoms with Crippen LogP contribution in [0.2, 0.25) is 0 Å². The van der Waals surface area contributed by atoms with Crippen LogP contribution in [-0.2, 0) is 10.3 Å². The van der Waals surface area contributed by atoms with Gasteiger partial charge in [0, 0.05) is 7.11 Å². The van der Waals surface area contributed by atoms with Crippen molar-refractivity contribution in [2.75, 3.05) is 7.11 Å². The summed E-state index contributed by atoms with van der Waals surface area (Å²) in [6, 6.07) is 0. The van der Waals surface area contributed by atoms with Crippen molar-refractivity contribution in [2.24, 2.45) is 0 Å². The van der Waals surface area contributed by atoms with Gasteiger partial charge in [0.05, 0.1) is 0 Å². The van der Waals surface area contributed by atoms with Crippen LogP contribution in [0.1, 0.15) is 19.7 Å². The second-order valence-corrected chi connectivity index (χ2v) is 2.47. The predicted molar refractivity (Wildman–Crippen MR) is 34.3 cm³/mol. The molecule has 0 amide bonds. The maximum Gasteiger partial charge on any atom is 0.213 e. The van der Waals surface area contributed by atoms with Gasteiger partial charge in [-0.1, -0.05) is 5.16 Å². The Kier molecular flexibility index (Phi) is 1.72. The Labute approximate surface area is 59.2 Å². The van der Waals surface area contributed by atoms with Crippen molar-refractivity contribution in [3.8, 4) is 0 Å². The molecule has 0 fully saturated rings. The molecule has 1 aromatic heterocycles. The van der Waals surface area contributed by atoms with E-state index in [1.54, 1.807) is 7.11 Å². The molecule has 0 radical (unpaired) electrons. The third kappa shape index (κ3) is 1.16. The van der Waals surface area contributed by atoms with Crippen LogP contribution in [-0.4, -0.2) is 17.3 Å². The third-order valence-electron chi connectivity index (χ3n) is 1.41. The van der Waals surface area contributed by atoms with Gasteiger partial charge in [-0.15, -0.1) is 0 Å². The highest BCUT2D eigenvalue weighted by molar-refractivity contribution is 4.92. The molecule has 0 saturated carbocycles. The number of hydrogen-bond acceptors (Lipinski definition) is 4. The quantitative estimate of drug-likeness (QED) is 0.616. The molecule has 0 saturated heterocycles. The summed E-state index contributed by atoms with van der Waals surface area (Å²) in [5, 5.41) is 3.65. The fourth-order valence-electron chi connectivity index (χ4n) is 0.527. The van der Waals surface area contributed by atoms with Crippen molar-refractivity contribution in [2.45, 2.75) is 19.4 Å². The zero-order valence-corrected chi connectivity index (χ0v) is 6.29. The van der Waals surface area contributed by atoms with Gasteiger partial charge in [-0.2, -0.15) is 4.98 Å². The number of methoxy groups -OCH3 is 1. The van der Waals surface area contributed by atoms with Crippen LogP contribution in [0.4, 0.5) is 0 Å². The first-order valence-electron chi connectivity index (χ1n) is 2.99. The van der Waals surface area contributed by atoms with Gasteiger partial charge < -0.3 is 9.26 Å². The molecule has 0 aliphatic rings. The summed E-state index contributed by atoms with van der Waals surface area (Å²) < 4.78 is 9.66. The smallest absolute Gasteiger partial charge is 0.213 e. The highest BCUT2D eigenvalue weighted by atomic mass is 16.5. The third-order valence-corrected chi connectivity index (χ3v) is 1.41. The monoisotopic (exact) mass is 142 g/mol. The summed E-state index contributed by atoms with van der Waals surface area (Å²) in [7, 11) is 1.61. The molecule has 0 aliphatic heterocycles. The lowest BCUT2D eigenvalue weighted by molar-refractivity contribution is 0.00973.